The number of nitrogens with zero attached hydrogens (tertiary/aromatic N) is 2. The van der Waals surface area contributed by atoms with E-state index in [1.165, 1.54) is 5.56 Å². The number of carbonyl (C=O) groups is 1. The maximum absolute atomic E-state index is 12.7. The molecule has 0 bridgehead atoms. The molecule has 0 atom stereocenters. The second-order valence-corrected chi connectivity index (χ2v) is 5.64. The van der Waals surface area contributed by atoms with E-state index in [9.17, 15) is 4.79 Å². The summed E-state index contributed by atoms with van der Waals surface area (Å²) < 4.78 is 10.7. The van der Waals surface area contributed by atoms with Gasteiger partial charge in [-0.3, -0.25) is 4.79 Å². The van der Waals surface area contributed by atoms with Gasteiger partial charge >= 0.3 is 0 Å². The molecule has 2 aromatic carbocycles. The summed E-state index contributed by atoms with van der Waals surface area (Å²) in [4.78, 5) is 14.5. The van der Waals surface area contributed by atoms with Crippen LogP contribution in [0.25, 0.3) is 0 Å². The van der Waals surface area contributed by atoms with Crippen LogP contribution < -0.4 is 9.47 Å². The Kier molecular flexibility index (Phi) is 4.39. The fraction of sp³-hybridized carbons (Fsp3) is 0.263. The number of benzene rings is 2. The molecule has 0 spiro atoms. The average Bonchev–Trinajstić information content (AvgIpc) is 2.65. The van der Waals surface area contributed by atoms with Crippen LogP contribution >= 0.6 is 0 Å². The van der Waals surface area contributed by atoms with E-state index in [0.717, 1.165) is 12.0 Å². The molecule has 3 rings (SSSR count). The van der Waals surface area contributed by atoms with Crippen molar-refractivity contribution in [3.05, 3.63) is 58.7 Å². The molecule has 1 heterocycles. The molecule has 1 aliphatic heterocycles. The molecule has 122 valence electrons. The molecule has 24 heavy (non-hydrogen) atoms. The number of carbonyl (C=O) groups excluding carboxylic acids is 1. The number of hydrogen-bond donors (Lipinski definition) is 0. The van der Waals surface area contributed by atoms with Crippen LogP contribution in [-0.2, 0) is 13.0 Å². The molecule has 0 saturated heterocycles. The van der Waals surface area contributed by atoms with Gasteiger partial charge in [0.1, 0.15) is 0 Å². The van der Waals surface area contributed by atoms with Crippen molar-refractivity contribution in [3.63, 3.8) is 0 Å². The van der Waals surface area contributed by atoms with Gasteiger partial charge in [0.15, 0.2) is 11.5 Å². The van der Waals surface area contributed by atoms with Crippen LogP contribution in [0.4, 0.5) is 0 Å². The highest BCUT2D eigenvalue weighted by Gasteiger charge is 2.23. The summed E-state index contributed by atoms with van der Waals surface area (Å²) in [6.45, 7) is 1.19. The lowest BCUT2D eigenvalue weighted by Crippen LogP contribution is -2.36. The lowest BCUT2D eigenvalue weighted by atomic mass is 9.98. The Balaban J connectivity index is 1.83. The molecule has 0 radical (unpaired) electrons. The summed E-state index contributed by atoms with van der Waals surface area (Å²) in [6, 6.07) is 12.7. The smallest absolute Gasteiger partial charge is 0.254 e. The lowest BCUT2D eigenvalue weighted by Gasteiger charge is -2.29. The van der Waals surface area contributed by atoms with Crippen LogP contribution in [0.2, 0.25) is 0 Å². The van der Waals surface area contributed by atoms with Crippen molar-refractivity contribution in [2.45, 2.75) is 13.0 Å². The molecular formula is C19H18N2O3. The minimum absolute atomic E-state index is 0.0278. The maximum atomic E-state index is 12.7. The highest BCUT2D eigenvalue weighted by atomic mass is 16.5. The van der Waals surface area contributed by atoms with Gasteiger partial charge < -0.3 is 14.4 Å². The number of hydrogen-bond acceptors (Lipinski definition) is 4. The SMILES string of the molecule is COc1cc2c(cc1OC)CN(C(=O)c1ccc(C#N)cc1)CC2. The normalized spacial score (nSPS) is 13.0. The molecule has 0 N–H and O–H groups in total. The second-order valence-electron chi connectivity index (χ2n) is 5.64. The van der Waals surface area contributed by atoms with E-state index in [0.29, 0.717) is 35.7 Å². The number of ether oxygens (including phenoxy) is 2. The predicted octanol–water partition coefficient (Wildman–Crippen LogP) is 2.77. The summed E-state index contributed by atoms with van der Waals surface area (Å²) >= 11 is 0. The molecule has 0 aliphatic carbocycles. The Bertz CT molecular complexity index is 807. The fourth-order valence-corrected chi connectivity index (χ4v) is 2.93. The van der Waals surface area contributed by atoms with Crippen LogP contribution in [0.5, 0.6) is 11.5 Å². The fourth-order valence-electron chi connectivity index (χ4n) is 2.93. The Morgan fingerprint density at radius 2 is 1.71 bits per heavy atom. The predicted molar refractivity (Wildman–Crippen MR) is 89.1 cm³/mol. The van der Waals surface area contributed by atoms with Gasteiger partial charge in [-0.05, 0) is 53.9 Å². The van der Waals surface area contributed by atoms with Crippen molar-refractivity contribution in [1.82, 2.24) is 4.90 Å². The molecule has 0 fully saturated rings. The molecule has 2 aromatic rings. The van der Waals surface area contributed by atoms with E-state index in [-0.39, 0.29) is 5.91 Å². The van der Waals surface area contributed by atoms with Gasteiger partial charge in [0.05, 0.1) is 25.9 Å². The average molecular weight is 322 g/mol. The summed E-state index contributed by atoms with van der Waals surface area (Å²) in [5.74, 6) is 1.35. The van der Waals surface area contributed by atoms with Crippen molar-refractivity contribution in [2.75, 3.05) is 20.8 Å². The van der Waals surface area contributed by atoms with Crippen LogP contribution in [-0.4, -0.2) is 31.6 Å². The Morgan fingerprint density at radius 3 is 2.29 bits per heavy atom. The van der Waals surface area contributed by atoms with Gasteiger partial charge in [-0.1, -0.05) is 0 Å². The Labute approximate surface area is 141 Å². The van der Waals surface area contributed by atoms with Gasteiger partial charge in [0.2, 0.25) is 0 Å². The summed E-state index contributed by atoms with van der Waals surface area (Å²) in [6.07, 6.45) is 0.776. The van der Waals surface area contributed by atoms with Crippen molar-refractivity contribution in [2.24, 2.45) is 0 Å². The van der Waals surface area contributed by atoms with Crippen LogP contribution in [0.1, 0.15) is 27.0 Å². The van der Waals surface area contributed by atoms with Gasteiger partial charge in [-0.2, -0.15) is 5.26 Å². The first-order valence-electron chi connectivity index (χ1n) is 7.69. The van der Waals surface area contributed by atoms with Crippen molar-refractivity contribution in [1.29, 1.82) is 5.26 Å². The van der Waals surface area contributed by atoms with Gasteiger partial charge in [0, 0.05) is 18.7 Å². The van der Waals surface area contributed by atoms with Gasteiger partial charge in [-0.15, -0.1) is 0 Å². The number of methoxy groups -OCH3 is 2. The van der Waals surface area contributed by atoms with Gasteiger partial charge in [-0.25, -0.2) is 0 Å². The van der Waals surface area contributed by atoms with E-state index in [1.54, 1.807) is 38.5 Å². The van der Waals surface area contributed by atoms with Crippen LogP contribution in [0, 0.1) is 11.3 Å². The van der Waals surface area contributed by atoms with Crippen LogP contribution in [0.3, 0.4) is 0 Å². The first-order valence-corrected chi connectivity index (χ1v) is 7.69. The standard InChI is InChI=1S/C19H18N2O3/c1-23-17-9-15-7-8-21(12-16(15)10-18(17)24-2)19(22)14-5-3-13(11-20)4-6-14/h3-6,9-10H,7-8,12H2,1-2H3. The minimum atomic E-state index is -0.0278. The number of fused-ring (bicyclic) bond motifs is 1. The highest BCUT2D eigenvalue weighted by molar-refractivity contribution is 5.94. The molecule has 0 saturated carbocycles. The summed E-state index contributed by atoms with van der Waals surface area (Å²) in [7, 11) is 3.22. The Hall–Kier alpha value is -3.00. The molecule has 5 nitrogen and oxygen atoms in total. The molecule has 5 heteroatoms. The molecular weight excluding hydrogens is 304 g/mol. The quantitative estimate of drug-likeness (QED) is 0.872. The van der Waals surface area contributed by atoms with Crippen LogP contribution in [0.15, 0.2) is 36.4 Å². The van der Waals surface area contributed by atoms with E-state index < -0.39 is 0 Å². The molecule has 0 aromatic heterocycles. The zero-order valence-electron chi connectivity index (χ0n) is 13.7. The zero-order valence-corrected chi connectivity index (χ0v) is 13.7. The van der Waals surface area contributed by atoms with E-state index in [4.69, 9.17) is 14.7 Å². The zero-order chi connectivity index (χ0) is 17.1. The maximum Gasteiger partial charge on any atom is 0.254 e. The minimum Gasteiger partial charge on any atom is -0.493 e. The third-order valence-corrected chi connectivity index (χ3v) is 4.27. The Morgan fingerprint density at radius 1 is 1.08 bits per heavy atom. The van der Waals surface area contributed by atoms with Crippen molar-refractivity contribution < 1.29 is 14.3 Å². The van der Waals surface area contributed by atoms with Crippen molar-refractivity contribution in [3.8, 4) is 17.6 Å². The van der Waals surface area contributed by atoms with Crippen molar-refractivity contribution >= 4 is 5.91 Å². The van der Waals surface area contributed by atoms with E-state index >= 15 is 0 Å². The number of nitriles is 1. The third-order valence-electron chi connectivity index (χ3n) is 4.27. The third kappa shape index (κ3) is 2.91. The first-order chi connectivity index (χ1) is 11.7. The topological polar surface area (TPSA) is 62.6 Å². The summed E-state index contributed by atoms with van der Waals surface area (Å²) in [5.41, 5.74) is 3.39. The highest BCUT2D eigenvalue weighted by Crippen LogP contribution is 2.33. The number of rotatable bonds is 3. The lowest BCUT2D eigenvalue weighted by molar-refractivity contribution is 0.0734. The monoisotopic (exact) mass is 322 g/mol. The second kappa shape index (κ2) is 6.63. The molecule has 1 amide bonds. The first kappa shape index (κ1) is 15.9. The van der Waals surface area contributed by atoms with E-state index in [2.05, 4.69) is 6.07 Å². The summed E-state index contributed by atoms with van der Waals surface area (Å²) in [5, 5.41) is 8.85. The molecule has 0 unspecified atom stereocenters. The number of amides is 1. The van der Waals surface area contributed by atoms with E-state index in [1.807, 2.05) is 17.0 Å². The largest absolute Gasteiger partial charge is 0.493 e. The van der Waals surface area contributed by atoms with Gasteiger partial charge in [0.25, 0.3) is 5.91 Å². The molecule has 1 aliphatic rings.